The Morgan fingerprint density at radius 3 is 2.13 bits per heavy atom. The van der Waals surface area contributed by atoms with Gasteiger partial charge in [0.15, 0.2) is 0 Å². The molecule has 0 bridgehead atoms. The molecule has 4 aliphatic rings. The second-order valence-electron chi connectivity index (χ2n) is 11.0. The molecule has 180 valence electrons. The van der Waals surface area contributed by atoms with Gasteiger partial charge < -0.3 is 9.47 Å². The fourth-order valence-corrected chi connectivity index (χ4v) is 6.62. The summed E-state index contributed by atoms with van der Waals surface area (Å²) in [4.78, 5) is 2.62. The van der Waals surface area contributed by atoms with Crippen LogP contribution in [0.3, 0.4) is 0 Å². The fraction of sp³-hybridized carbons (Fsp3) is 1.00. The second-order valence-corrected chi connectivity index (χ2v) is 11.0. The SMILES string of the molecule is COC1CCC(C2CNC(NC3CCC(CCN4CC(C)OC(C)C4)CC3)NC2)CC1. The van der Waals surface area contributed by atoms with Crippen molar-refractivity contribution in [2.24, 2.45) is 17.8 Å². The highest BCUT2D eigenvalue weighted by molar-refractivity contribution is 4.87. The minimum atomic E-state index is 0.296. The number of nitrogens with zero attached hydrogens (tertiary/aromatic N) is 1. The number of rotatable bonds is 7. The van der Waals surface area contributed by atoms with Gasteiger partial charge in [-0.15, -0.1) is 0 Å². The normalized spacial score (nSPS) is 43.1. The van der Waals surface area contributed by atoms with Crippen molar-refractivity contribution in [3.8, 4) is 0 Å². The van der Waals surface area contributed by atoms with Crippen molar-refractivity contribution in [3.63, 3.8) is 0 Å². The lowest BCUT2D eigenvalue weighted by atomic mass is 9.78. The first kappa shape index (κ1) is 23.9. The quantitative estimate of drug-likeness (QED) is 0.571. The molecule has 0 radical (unpaired) electrons. The minimum Gasteiger partial charge on any atom is -0.381 e. The molecule has 0 spiro atoms. The van der Waals surface area contributed by atoms with E-state index in [1.54, 1.807) is 0 Å². The molecule has 0 aromatic rings. The van der Waals surface area contributed by atoms with Gasteiger partial charge in [-0.05, 0) is 95.9 Å². The molecule has 2 saturated carbocycles. The first-order chi connectivity index (χ1) is 15.1. The van der Waals surface area contributed by atoms with E-state index >= 15 is 0 Å². The van der Waals surface area contributed by atoms with Gasteiger partial charge in [0.25, 0.3) is 0 Å². The molecule has 2 saturated heterocycles. The van der Waals surface area contributed by atoms with Crippen molar-refractivity contribution >= 4 is 0 Å². The van der Waals surface area contributed by atoms with Crippen molar-refractivity contribution in [1.29, 1.82) is 0 Å². The summed E-state index contributed by atoms with van der Waals surface area (Å²) in [5, 5.41) is 11.4. The lowest BCUT2D eigenvalue weighted by molar-refractivity contribution is -0.0692. The summed E-state index contributed by atoms with van der Waals surface area (Å²) in [7, 11) is 1.86. The van der Waals surface area contributed by atoms with Gasteiger partial charge in [0.2, 0.25) is 0 Å². The Morgan fingerprint density at radius 2 is 1.52 bits per heavy atom. The fourth-order valence-electron chi connectivity index (χ4n) is 6.62. The molecule has 31 heavy (non-hydrogen) atoms. The van der Waals surface area contributed by atoms with Gasteiger partial charge in [-0.3, -0.25) is 20.9 Å². The molecule has 2 aliphatic carbocycles. The standard InChI is InChI=1S/C25H48N4O2/c1-18-16-29(17-19(2)31-18)13-12-20-4-8-23(9-5-20)28-25-26-14-22(15-27-25)21-6-10-24(30-3)11-7-21/h18-28H,4-17H2,1-3H3. The highest BCUT2D eigenvalue weighted by Crippen LogP contribution is 2.32. The van der Waals surface area contributed by atoms with Crippen molar-refractivity contribution in [3.05, 3.63) is 0 Å². The molecule has 2 atom stereocenters. The molecule has 0 aromatic heterocycles. The number of methoxy groups -OCH3 is 1. The van der Waals surface area contributed by atoms with Gasteiger partial charge >= 0.3 is 0 Å². The van der Waals surface area contributed by atoms with Crippen molar-refractivity contribution in [2.75, 3.05) is 39.8 Å². The van der Waals surface area contributed by atoms with Crippen molar-refractivity contribution < 1.29 is 9.47 Å². The van der Waals surface area contributed by atoms with Gasteiger partial charge in [0, 0.05) is 39.3 Å². The van der Waals surface area contributed by atoms with E-state index in [1.165, 1.54) is 64.3 Å². The van der Waals surface area contributed by atoms with E-state index in [9.17, 15) is 0 Å². The molecule has 2 unspecified atom stereocenters. The monoisotopic (exact) mass is 436 g/mol. The van der Waals surface area contributed by atoms with E-state index in [4.69, 9.17) is 9.47 Å². The van der Waals surface area contributed by atoms with Crippen LogP contribution in [0.4, 0.5) is 0 Å². The first-order valence-electron chi connectivity index (χ1n) is 13.2. The van der Waals surface area contributed by atoms with Crippen LogP contribution in [0.5, 0.6) is 0 Å². The summed E-state index contributed by atoms with van der Waals surface area (Å²) in [6, 6.07) is 0.665. The van der Waals surface area contributed by atoms with E-state index in [2.05, 4.69) is 34.7 Å². The van der Waals surface area contributed by atoms with Crippen LogP contribution in [-0.4, -0.2) is 75.4 Å². The number of ether oxygens (including phenoxy) is 2. The Kier molecular flexibility index (Phi) is 9.06. The second kappa shape index (κ2) is 11.8. The average molecular weight is 437 g/mol. The lowest BCUT2D eigenvalue weighted by Gasteiger charge is -2.41. The molecule has 2 heterocycles. The van der Waals surface area contributed by atoms with Crippen LogP contribution in [0.2, 0.25) is 0 Å². The summed E-state index contributed by atoms with van der Waals surface area (Å²) < 4.78 is 11.4. The van der Waals surface area contributed by atoms with E-state index < -0.39 is 0 Å². The molecule has 4 rings (SSSR count). The van der Waals surface area contributed by atoms with E-state index in [-0.39, 0.29) is 0 Å². The maximum absolute atomic E-state index is 5.88. The summed E-state index contributed by atoms with van der Waals surface area (Å²) in [6.45, 7) is 10.2. The average Bonchev–Trinajstić information content (AvgIpc) is 2.79. The Hall–Kier alpha value is -0.240. The van der Waals surface area contributed by atoms with Gasteiger partial charge in [0.1, 0.15) is 6.29 Å². The van der Waals surface area contributed by atoms with Gasteiger partial charge in [-0.1, -0.05) is 0 Å². The van der Waals surface area contributed by atoms with E-state index in [0.717, 1.165) is 43.9 Å². The van der Waals surface area contributed by atoms with Gasteiger partial charge in [0.05, 0.1) is 18.3 Å². The van der Waals surface area contributed by atoms with Gasteiger partial charge in [-0.25, -0.2) is 0 Å². The Balaban J connectivity index is 1.08. The molecule has 6 heteroatoms. The predicted octanol–water partition coefficient (Wildman–Crippen LogP) is 2.93. The summed E-state index contributed by atoms with van der Waals surface area (Å²) in [5.74, 6) is 2.54. The summed E-state index contributed by atoms with van der Waals surface area (Å²) in [6.07, 6.45) is 13.5. The number of hydrogen-bond donors (Lipinski definition) is 3. The molecular weight excluding hydrogens is 388 g/mol. The number of hydrogen-bond acceptors (Lipinski definition) is 6. The van der Waals surface area contributed by atoms with Crippen LogP contribution in [0, 0.1) is 17.8 Å². The van der Waals surface area contributed by atoms with Crippen molar-refractivity contribution in [2.45, 2.75) is 102 Å². The molecule has 3 N–H and O–H groups in total. The zero-order valence-corrected chi connectivity index (χ0v) is 20.3. The topological polar surface area (TPSA) is 57.8 Å². The third-order valence-electron chi connectivity index (χ3n) is 8.49. The van der Waals surface area contributed by atoms with E-state index in [0.29, 0.717) is 30.6 Å². The number of nitrogens with one attached hydrogen (secondary N) is 3. The van der Waals surface area contributed by atoms with Crippen LogP contribution in [0.15, 0.2) is 0 Å². The zero-order chi connectivity index (χ0) is 21.6. The minimum absolute atomic E-state index is 0.296. The smallest absolute Gasteiger partial charge is 0.112 e. The van der Waals surface area contributed by atoms with Crippen LogP contribution in [0.25, 0.3) is 0 Å². The third-order valence-corrected chi connectivity index (χ3v) is 8.49. The predicted molar refractivity (Wildman–Crippen MR) is 126 cm³/mol. The highest BCUT2D eigenvalue weighted by Gasteiger charge is 2.32. The van der Waals surface area contributed by atoms with Crippen LogP contribution in [0.1, 0.15) is 71.6 Å². The highest BCUT2D eigenvalue weighted by atomic mass is 16.5. The van der Waals surface area contributed by atoms with E-state index in [1.807, 2.05) is 7.11 Å². The molecule has 0 amide bonds. The maximum Gasteiger partial charge on any atom is 0.112 e. The van der Waals surface area contributed by atoms with Crippen LogP contribution >= 0.6 is 0 Å². The molecule has 6 nitrogen and oxygen atoms in total. The Morgan fingerprint density at radius 1 is 0.871 bits per heavy atom. The summed E-state index contributed by atoms with van der Waals surface area (Å²) in [5.41, 5.74) is 0. The molecule has 2 aliphatic heterocycles. The largest absolute Gasteiger partial charge is 0.381 e. The molecular formula is C25H48N4O2. The van der Waals surface area contributed by atoms with Gasteiger partial charge in [-0.2, -0.15) is 0 Å². The Labute approximate surface area is 190 Å². The summed E-state index contributed by atoms with van der Waals surface area (Å²) >= 11 is 0. The van der Waals surface area contributed by atoms with Crippen LogP contribution < -0.4 is 16.0 Å². The molecule has 0 aromatic carbocycles. The third kappa shape index (κ3) is 7.12. The zero-order valence-electron chi connectivity index (χ0n) is 20.3. The lowest BCUT2D eigenvalue weighted by Crippen LogP contribution is -2.63. The van der Waals surface area contributed by atoms with Crippen molar-refractivity contribution in [1.82, 2.24) is 20.9 Å². The molecule has 4 fully saturated rings. The Bertz CT molecular complexity index is 502. The number of morpholine rings is 1. The van der Waals surface area contributed by atoms with Crippen LogP contribution in [-0.2, 0) is 9.47 Å². The maximum atomic E-state index is 5.88. The first-order valence-corrected chi connectivity index (χ1v) is 13.2.